The van der Waals surface area contributed by atoms with E-state index in [9.17, 15) is 0 Å². The van der Waals surface area contributed by atoms with Crippen LogP contribution < -0.4 is 15.1 Å². The first kappa shape index (κ1) is 15.8. The number of nitrogens with one attached hydrogen (secondary N) is 1. The van der Waals surface area contributed by atoms with Crippen molar-refractivity contribution < 1.29 is 5.11 Å². The lowest BCUT2D eigenvalue weighted by Gasteiger charge is -2.37. The van der Waals surface area contributed by atoms with Crippen molar-refractivity contribution in [3.8, 4) is 0 Å². The summed E-state index contributed by atoms with van der Waals surface area (Å²) in [6.45, 7) is 3.77. The summed E-state index contributed by atoms with van der Waals surface area (Å²) in [6, 6.07) is 0.489. The van der Waals surface area contributed by atoms with E-state index in [1.54, 1.807) is 0 Å². The van der Waals surface area contributed by atoms with Crippen molar-refractivity contribution in [1.82, 2.24) is 15.0 Å². The molecule has 0 aliphatic heterocycles. The topological polar surface area (TPSA) is 77.4 Å². The van der Waals surface area contributed by atoms with Crippen LogP contribution in [0.1, 0.15) is 32.6 Å². The van der Waals surface area contributed by atoms with E-state index in [4.69, 9.17) is 5.11 Å². The molecule has 7 nitrogen and oxygen atoms in total. The minimum Gasteiger partial charge on any atom is -0.396 e. The first-order valence-electron chi connectivity index (χ1n) is 7.70. The van der Waals surface area contributed by atoms with Gasteiger partial charge in [-0.1, -0.05) is 0 Å². The molecule has 1 aliphatic rings. The third kappa shape index (κ3) is 3.93. The highest BCUT2D eigenvalue weighted by Gasteiger charge is 2.27. The Balaban J connectivity index is 2.28. The molecule has 1 aliphatic carbocycles. The summed E-state index contributed by atoms with van der Waals surface area (Å²) in [5.41, 5.74) is 0. The van der Waals surface area contributed by atoms with Gasteiger partial charge < -0.3 is 20.2 Å². The van der Waals surface area contributed by atoms with Gasteiger partial charge in [-0.25, -0.2) is 0 Å². The largest absolute Gasteiger partial charge is 0.396 e. The Morgan fingerprint density at radius 2 is 1.90 bits per heavy atom. The predicted molar refractivity (Wildman–Crippen MR) is 85.0 cm³/mol. The minimum atomic E-state index is 0.189. The Morgan fingerprint density at radius 1 is 1.19 bits per heavy atom. The Labute approximate surface area is 126 Å². The van der Waals surface area contributed by atoms with E-state index >= 15 is 0 Å². The molecule has 1 aromatic rings. The van der Waals surface area contributed by atoms with E-state index in [2.05, 4.69) is 25.2 Å². The van der Waals surface area contributed by atoms with Crippen LogP contribution in [0.4, 0.5) is 17.8 Å². The molecule has 1 saturated carbocycles. The Morgan fingerprint density at radius 3 is 2.43 bits per heavy atom. The summed E-state index contributed by atoms with van der Waals surface area (Å²) in [5.74, 6) is 1.98. The highest BCUT2D eigenvalue weighted by atomic mass is 16.3. The SMILES string of the molecule is CCNc1nc(N(C)C)nc(N(CCCO)C2CCC2)n1. The molecule has 0 unspecified atom stereocenters. The van der Waals surface area contributed by atoms with Gasteiger partial charge in [-0.15, -0.1) is 0 Å². The van der Waals surface area contributed by atoms with E-state index in [-0.39, 0.29) is 6.61 Å². The lowest BCUT2D eigenvalue weighted by molar-refractivity contribution is 0.282. The van der Waals surface area contributed by atoms with E-state index in [0.717, 1.165) is 19.5 Å². The molecule has 1 fully saturated rings. The maximum Gasteiger partial charge on any atom is 0.232 e. The van der Waals surface area contributed by atoms with Crippen LogP contribution >= 0.6 is 0 Å². The normalized spacial score (nSPS) is 14.7. The lowest BCUT2D eigenvalue weighted by atomic mass is 9.91. The smallest absolute Gasteiger partial charge is 0.232 e. The summed E-state index contributed by atoms with van der Waals surface area (Å²) in [4.78, 5) is 17.6. The highest BCUT2D eigenvalue weighted by molar-refractivity contribution is 5.45. The van der Waals surface area contributed by atoms with Gasteiger partial charge >= 0.3 is 0 Å². The molecule has 0 bridgehead atoms. The Hall–Kier alpha value is -1.63. The van der Waals surface area contributed by atoms with Gasteiger partial charge in [0.05, 0.1) is 0 Å². The number of anilines is 3. The van der Waals surface area contributed by atoms with Crippen LogP contribution in [0.3, 0.4) is 0 Å². The molecular formula is C14H26N6O. The van der Waals surface area contributed by atoms with Crippen LogP contribution in [-0.4, -0.2) is 59.9 Å². The van der Waals surface area contributed by atoms with Crippen LogP contribution in [0.5, 0.6) is 0 Å². The van der Waals surface area contributed by atoms with Crippen LogP contribution in [0, 0.1) is 0 Å². The van der Waals surface area contributed by atoms with Gasteiger partial charge in [-0.2, -0.15) is 15.0 Å². The van der Waals surface area contributed by atoms with Crippen molar-refractivity contribution in [2.75, 3.05) is 48.9 Å². The fourth-order valence-corrected chi connectivity index (χ4v) is 2.30. The van der Waals surface area contributed by atoms with Gasteiger partial charge in [0.2, 0.25) is 17.8 Å². The van der Waals surface area contributed by atoms with E-state index < -0.39 is 0 Å². The number of aromatic nitrogens is 3. The molecule has 0 spiro atoms. The fourth-order valence-electron chi connectivity index (χ4n) is 2.30. The molecule has 118 valence electrons. The summed E-state index contributed by atoms with van der Waals surface area (Å²) in [5, 5.41) is 12.3. The molecule has 21 heavy (non-hydrogen) atoms. The minimum absolute atomic E-state index is 0.189. The van der Waals surface area contributed by atoms with Crippen LogP contribution in [0.15, 0.2) is 0 Å². The molecule has 0 aromatic carbocycles. The molecule has 2 N–H and O–H groups in total. The summed E-state index contributed by atoms with van der Waals surface area (Å²) in [7, 11) is 3.85. The van der Waals surface area contributed by atoms with Gasteiger partial charge in [-0.05, 0) is 32.6 Å². The first-order chi connectivity index (χ1) is 10.2. The van der Waals surface area contributed by atoms with Crippen molar-refractivity contribution in [3.05, 3.63) is 0 Å². The van der Waals surface area contributed by atoms with Crippen LogP contribution in [0.2, 0.25) is 0 Å². The zero-order valence-electron chi connectivity index (χ0n) is 13.2. The van der Waals surface area contributed by atoms with E-state index in [1.807, 2.05) is 25.9 Å². The second kappa shape index (κ2) is 7.40. The third-order valence-electron chi connectivity index (χ3n) is 3.68. The van der Waals surface area contributed by atoms with Crippen molar-refractivity contribution in [2.45, 2.75) is 38.6 Å². The molecule has 0 saturated heterocycles. The average Bonchev–Trinajstić information content (AvgIpc) is 2.41. The number of aliphatic hydroxyl groups excluding tert-OH is 1. The van der Waals surface area contributed by atoms with Crippen molar-refractivity contribution in [3.63, 3.8) is 0 Å². The van der Waals surface area contributed by atoms with Crippen LogP contribution in [0.25, 0.3) is 0 Å². The molecule has 7 heteroatoms. The molecule has 0 atom stereocenters. The first-order valence-corrected chi connectivity index (χ1v) is 7.70. The maximum absolute atomic E-state index is 9.12. The second-order valence-corrected chi connectivity index (χ2v) is 5.54. The van der Waals surface area contributed by atoms with Gasteiger partial charge in [0.1, 0.15) is 0 Å². The van der Waals surface area contributed by atoms with Crippen molar-refractivity contribution in [2.24, 2.45) is 0 Å². The molecule has 1 heterocycles. The standard InChI is InChI=1S/C14H26N6O/c1-4-15-12-16-13(19(2)3)18-14(17-12)20(9-6-10-21)11-7-5-8-11/h11,21H,4-10H2,1-3H3,(H,15,16,17,18). The lowest BCUT2D eigenvalue weighted by Crippen LogP contribution is -2.42. The van der Waals surface area contributed by atoms with Gasteiger partial charge in [-0.3, -0.25) is 0 Å². The van der Waals surface area contributed by atoms with Crippen molar-refractivity contribution >= 4 is 17.8 Å². The Bertz CT molecular complexity index is 449. The summed E-state index contributed by atoms with van der Waals surface area (Å²) < 4.78 is 0. The third-order valence-corrected chi connectivity index (χ3v) is 3.68. The zero-order valence-corrected chi connectivity index (χ0v) is 13.2. The Kier molecular flexibility index (Phi) is 5.55. The maximum atomic E-state index is 9.12. The highest BCUT2D eigenvalue weighted by Crippen LogP contribution is 2.28. The number of aliphatic hydroxyl groups is 1. The average molecular weight is 294 g/mol. The van der Waals surface area contributed by atoms with Gasteiger partial charge in [0.15, 0.2) is 0 Å². The molecule has 1 aromatic heterocycles. The number of rotatable bonds is 8. The monoisotopic (exact) mass is 294 g/mol. The zero-order chi connectivity index (χ0) is 15.2. The van der Waals surface area contributed by atoms with Gasteiger partial charge in [0, 0.05) is 39.8 Å². The van der Waals surface area contributed by atoms with E-state index in [0.29, 0.717) is 23.9 Å². The number of hydrogen-bond acceptors (Lipinski definition) is 7. The summed E-state index contributed by atoms with van der Waals surface area (Å²) >= 11 is 0. The number of hydrogen-bond donors (Lipinski definition) is 2. The summed E-state index contributed by atoms with van der Waals surface area (Å²) in [6.07, 6.45) is 4.33. The molecular weight excluding hydrogens is 268 g/mol. The quantitative estimate of drug-likeness (QED) is 0.743. The van der Waals surface area contributed by atoms with Gasteiger partial charge in [0.25, 0.3) is 0 Å². The number of nitrogens with zero attached hydrogens (tertiary/aromatic N) is 5. The second-order valence-electron chi connectivity index (χ2n) is 5.54. The molecule has 0 radical (unpaired) electrons. The molecule has 2 rings (SSSR count). The van der Waals surface area contributed by atoms with Crippen molar-refractivity contribution in [1.29, 1.82) is 0 Å². The predicted octanol–water partition coefficient (Wildman–Crippen LogP) is 1.11. The van der Waals surface area contributed by atoms with E-state index in [1.165, 1.54) is 19.3 Å². The fraction of sp³-hybridized carbons (Fsp3) is 0.786. The van der Waals surface area contributed by atoms with Crippen LogP contribution in [-0.2, 0) is 0 Å². The molecule has 0 amide bonds.